The SMILES string of the molecule is C/C=C(\N=C(\Cl)C=C(C)C)N1CCCN(C)CC1. The van der Waals surface area contributed by atoms with Crippen LogP contribution in [0.2, 0.25) is 0 Å². The molecule has 18 heavy (non-hydrogen) atoms. The van der Waals surface area contributed by atoms with E-state index in [2.05, 4.69) is 21.8 Å². The van der Waals surface area contributed by atoms with E-state index in [4.69, 9.17) is 11.6 Å². The number of hydrogen-bond acceptors (Lipinski definition) is 3. The molecule has 102 valence electrons. The topological polar surface area (TPSA) is 18.8 Å². The highest BCUT2D eigenvalue weighted by atomic mass is 35.5. The second-order valence-corrected chi connectivity index (χ2v) is 5.33. The van der Waals surface area contributed by atoms with Crippen molar-refractivity contribution in [3.05, 3.63) is 23.5 Å². The summed E-state index contributed by atoms with van der Waals surface area (Å²) in [6.45, 7) is 10.3. The Balaban J connectivity index is 2.75. The number of likely N-dealkylation sites (N-methyl/N-ethyl adjacent to an activating group) is 1. The second-order valence-electron chi connectivity index (χ2n) is 4.95. The highest BCUT2D eigenvalue weighted by Crippen LogP contribution is 2.12. The van der Waals surface area contributed by atoms with E-state index in [0.717, 1.165) is 37.6 Å². The van der Waals surface area contributed by atoms with Crippen molar-refractivity contribution in [1.82, 2.24) is 9.80 Å². The van der Waals surface area contributed by atoms with Gasteiger partial charge in [0, 0.05) is 19.6 Å². The van der Waals surface area contributed by atoms with Crippen molar-refractivity contribution in [2.24, 2.45) is 4.99 Å². The maximum absolute atomic E-state index is 6.13. The van der Waals surface area contributed by atoms with E-state index in [1.165, 1.54) is 6.42 Å². The fourth-order valence-corrected chi connectivity index (χ4v) is 2.28. The molecule has 0 atom stereocenters. The molecule has 4 heteroatoms. The molecule has 0 aromatic heterocycles. The van der Waals surface area contributed by atoms with Gasteiger partial charge in [-0.05, 0) is 52.9 Å². The molecule has 0 radical (unpaired) electrons. The number of allylic oxidation sites excluding steroid dienone is 3. The van der Waals surface area contributed by atoms with Crippen LogP contribution >= 0.6 is 11.6 Å². The molecular weight excluding hydrogens is 246 g/mol. The third-order valence-corrected chi connectivity index (χ3v) is 3.12. The molecule has 0 aromatic carbocycles. The summed E-state index contributed by atoms with van der Waals surface area (Å²) in [5, 5.41) is 0.556. The molecule has 0 saturated carbocycles. The molecule has 1 heterocycles. The van der Waals surface area contributed by atoms with Gasteiger partial charge >= 0.3 is 0 Å². The zero-order chi connectivity index (χ0) is 13.5. The van der Waals surface area contributed by atoms with Crippen molar-refractivity contribution in [2.45, 2.75) is 27.2 Å². The molecule has 0 unspecified atom stereocenters. The predicted molar refractivity (Wildman–Crippen MR) is 80.2 cm³/mol. The third kappa shape index (κ3) is 5.23. The average Bonchev–Trinajstić information content (AvgIpc) is 2.50. The van der Waals surface area contributed by atoms with Crippen LogP contribution in [0.25, 0.3) is 0 Å². The molecule has 0 amide bonds. The van der Waals surface area contributed by atoms with Crippen LogP contribution in [0.4, 0.5) is 0 Å². The molecule has 0 spiro atoms. The molecule has 1 aliphatic heterocycles. The minimum absolute atomic E-state index is 0.556. The fourth-order valence-electron chi connectivity index (χ4n) is 1.97. The standard InChI is InChI=1S/C14H24ClN3/c1-5-14(16-13(15)11-12(2)3)18-8-6-7-17(4)9-10-18/h5,11H,6-10H2,1-4H3/b14-5+,16-13+. The summed E-state index contributed by atoms with van der Waals surface area (Å²) in [6.07, 6.45) is 5.10. The first-order valence-corrected chi connectivity index (χ1v) is 6.89. The summed E-state index contributed by atoms with van der Waals surface area (Å²) in [5.41, 5.74) is 1.16. The van der Waals surface area contributed by atoms with Crippen LogP contribution in [-0.4, -0.2) is 48.2 Å². The van der Waals surface area contributed by atoms with Gasteiger partial charge in [0.1, 0.15) is 11.0 Å². The van der Waals surface area contributed by atoms with E-state index in [-0.39, 0.29) is 0 Å². The molecule has 0 N–H and O–H groups in total. The minimum atomic E-state index is 0.556. The quantitative estimate of drug-likeness (QED) is 0.734. The summed E-state index contributed by atoms with van der Waals surface area (Å²) in [6, 6.07) is 0. The second kappa shape index (κ2) is 7.59. The fraction of sp³-hybridized carbons (Fsp3) is 0.643. The Labute approximate surface area is 116 Å². The lowest BCUT2D eigenvalue weighted by atomic mass is 10.3. The first-order chi connectivity index (χ1) is 8.52. The van der Waals surface area contributed by atoms with Crippen LogP contribution in [0, 0.1) is 0 Å². The van der Waals surface area contributed by atoms with Crippen LogP contribution in [0.5, 0.6) is 0 Å². The van der Waals surface area contributed by atoms with Crippen LogP contribution < -0.4 is 0 Å². The predicted octanol–water partition coefficient (Wildman–Crippen LogP) is 3.09. The number of hydrogen-bond donors (Lipinski definition) is 0. The van der Waals surface area contributed by atoms with E-state index in [1.54, 1.807) is 0 Å². The zero-order valence-electron chi connectivity index (χ0n) is 11.9. The maximum Gasteiger partial charge on any atom is 0.131 e. The van der Waals surface area contributed by atoms with Gasteiger partial charge in [-0.1, -0.05) is 17.2 Å². The van der Waals surface area contributed by atoms with Crippen molar-refractivity contribution < 1.29 is 0 Å². The summed E-state index contributed by atoms with van der Waals surface area (Å²) < 4.78 is 0. The third-order valence-electron chi connectivity index (χ3n) is 2.93. The van der Waals surface area contributed by atoms with Crippen molar-refractivity contribution in [3.8, 4) is 0 Å². The summed E-state index contributed by atoms with van der Waals surface area (Å²) in [5.74, 6) is 0.979. The minimum Gasteiger partial charge on any atom is -0.356 e. The van der Waals surface area contributed by atoms with Crippen molar-refractivity contribution in [1.29, 1.82) is 0 Å². The molecule has 3 nitrogen and oxygen atoms in total. The molecule has 0 bridgehead atoms. The molecule has 1 rings (SSSR count). The van der Waals surface area contributed by atoms with Gasteiger partial charge in [0.15, 0.2) is 0 Å². The smallest absolute Gasteiger partial charge is 0.131 e. The van der Waals surface area contributed by atoms with E-state index >= 15 is 0 Å². The van der Waals surface area contributed by atoms with E-state index in [9.17, 15) is 0 Å². The van der Waals surface area contributed by atoms with E-state index < -0.39 is 0 Å². The largest absolute Gasteiger partial charge is 0.356 e. The lowest BCUT2D eigenvalue weighted by molar-refractivity contribution is 0.324. The van der Waals surface area contributed by atoms with Gasteiger partial charge in [-0.15, -0.1) is 0 Å². The number of halogens is 1. The van der Waals surface area contributed by atoms with Gasteiger partial charge in [-0.2, -0.15) is 0 Å². The van der Waals surface area contributed by atoms with Crippen molar-refractivity contribution in [3.63, 3.8) is 0 Å². The molecule has 1 aliphatic rings. The monoisotopic (exact) mass is 269 g/mol. The highest BCUT2D eigenvalue weighted by molar-refractivity contribution is 6.68. The Morgan fingerprint density at radius 2 is 1.89 bits per heavy atom. The van der Waals surface area contributed by atoms with E-state index in [1.807, 2.05) is 32.9 Å². The summed E-state index contributed by atoms with van der Waals surface area (Å²) in [7, 11) is 2.16. The van der Waals surface area contributed by atoms with Crippen molar-refractivity contribution in [2.75, 3.05) is 33.2 Å². The van der Waals surface area contributed by atoms with Gasteiger partial charge in [0.2, 0.25) is 0 Å². The van der Waals surface area contributed by atoms with Crippen LogP contribution in [-0.2, 0) is 0 Å². The zero-order valence-corrected chi connectivity index (χ0v) is 12.7. The number of rotatable bonds is 3. The molecular formula is C14H24ClN3. The highest BCUT2D eigenvalue weighted by Gasteiger charge is 2.13. The molecule has 1 fully saturated rings. The molecule has 0 aliphatic carbocycles. The Bertz CT molecular complexity index is 354. The van der Waals surface area contributed by atoms with Crippen LogP contribution in [0.3, 0.4) is 0 Å². The normalized spacial score (nSPS) is 19.7. The lowest BCUT2D eigenvalue weighted by Gasteiger charge is -2.22. The Kier molecular flexibility index (Phi) is 6.44. The van der Waals surface area contributed by atoms with E-state index in [0.29, 0.717) is 5.17 Å². The molecule has 1 saturated heterocycles. The lowest BCUT2D eigenvalue weighted by Crippen LogP contribution is -2.28. The number of nitrogens with zero attached hydrogens (tertiary/aromatic N) is 3. The summed E-state index contributed by atoms with van der Waals surface area (Å²) >= 11 is 6.13. The van der Waals surface area contributed by atoms with Gasteiger partial charge in [0.05, 0.1) is 0 Å². The Morgan fingerprint density at radius 3 is 2.50 bits per heavy atom. The first kappa shape index (κ1) is 15.3. The van der Waals surface area contributed by atoms with Crippen molar-refractivity contribution >= 4 is 16.8 Å². The maximum atomic E-state index is 6.13. The Morgan fingerprint density at radius 1 is 1.17 bits per heavy atom. The Hall–Kier alpha value is -0.800. The summed E-state index contributed by atoms with van der Waals surface area (Å²) in [4.78, 5) is 9.17. The van der Waals surface area contributed by atoms with Gasteiger partial charge in [-0.3, -0.25) is 0 Å². The van der Waals surface area contributed by atoms with Crippen LogP contribution in [0.1, 0.15) is 27.2 Å². The van der Waals surface area contributed by atoms with Gasteiger partial charge < -0.3 is 9.80 Å². The molecule has 0 aromatic rings. The van der Waals surface area contributed by atoms with Gasteiger partial charge in [0.25, 0.3) is 0 Å². The average molecular weight is 270 g/mol. The van der Waals surface area contributed by atoms with Gasteiger partial charge in [-0.25, -0.2) is 4.99 Å². The number of aliphatic imine (C=N–C) groups is 1. The first-order valence-electron chi connectivity index (χ1n) is 6.52. The van der Waals surface area contributed by atoms with Crippen LogP contribution in [0.15, 0.2) is 28.5 Å².